The predicted molar refractivity (Wildman–Crippen MR) is 66.4 cm³/mol. The molecule has 0 aliphatic rings. The molecule has 0 aliphatic heterocycles. The van der Waals surface area contributed by atoms with E-state index in [1.807, 2.05) is 6.92 Å². The first-order valence-corrected chi connectivity index (χ1v) is 5.74. The van der Waals surface area contributed by atoms with Crippen molar-refractivity contribution in [3.63, 3.8) is 0 Å². The fourth-order valence-corrected chi connectivity index (χ4v) is 1.91. The molecule has 88 valence electrons. The lowest BCUT2D eigenvalue weighted by atomic mass is 10.1. The number of carboxylic acid groups (broad SMARTS) is 1. The van der Waals surface area contributed by atoms with Crippen molar-refractivity contribution < 1.29 is 9.90 Å². The van der Waals surface area contributed by atoms with Crippen molar-refractivity contribution in [1.82, 2.24) is 0 Å². The third kappa shape index (κ3) is 3.91. The summed E-state index contributed by atoms with van der Waals surface area (Å²) in [6.45, 7) is 1.93. The second kappa shape index (κ2) is 5.97. The third-order valence-corrected chi connectivity index (χ3v) is 2.52. The molecule has 0 fully saturated rings. The zero-order valence-corrected chi connectivity index (χ0v) is 10.3. The number of benzene rings is 1. The Morgan fingerprint density at radius 1 is 1.38 bits per heavy atom. The van der Waals surface area contributed by atoms with Gasteiger partial charge in [0.15, 0.2) is 0 Å². The Balaban J connectivity index is 2.80. The summed E-state index contributed by atoms with van der Waals surface area (Å²) in [5.74, 6) is -0.877. The Bertz CT molecular complexity index is 362. The highest BCUT2D eigenvalue weighted by Gasteiger charge is 2.15. The van der Waals surface area contributed by atoms with Gasteiger partial charge < -0.3 is 10.4 Å². The smallest absolute Gasteiger partial charge is 0.326 e. The lowest BCUT2D eigenvalue weighted by Crippen LogP contribution is -2.28. The fourth-order valence-electron chi connectivity index (χ4n) is 1.38. The molecule has 1 aromatic rings. The van der Waals surface area contributed by atoms with Gasteiger partial charge in [0.2, 0.25) is 0 Å². The Hall–Kier alpha value is -0.930. The minimum Gasteiger partial charge on any atom is -0.480 e. The van der Waals surface area contributed by atoms with Crippen LogP contribution in [0.15, 0.2) is 18.2 Å². The van der Waals surface area contributed by atoms with Gasteiger partial charge in [-0.1, -0.05) is 36.5 Å². The first-order chi connectivity index (χ1) is 7.52. The van der Waals surface area contributed by atoms with E-state index in [4.69, 9.17) is 28.3 Å². The van der Waals surface area contributed by atoms with Crippen LogP contribution in [-0.2, 0) is 4.79 Å². The van der Waals surface area contributed by atoms with Crippen LogP contribution in [0.25, 0.3) is 0 Å². The number of rotatable bonds is 5. The minimum absolute atomic E-state index is 0.482. The minimum atomic E-state index is -0.877. The SMILES string of the molecule is CCC[C@@H](Nc1cc(Cl)cc(Cl)c1)C(=O)O. The number of halogens is 2. The van der Waals surface area contributed by atoms with E-state index in [0.717, 1.165) is 6.42 Å². The van der Waals surface area contributed by atoms with Gasteiger partial charge >= 0.3 is 5.97 Å². The van der Waals surface area contributed by atoms with Crippen LogP contribution in [0.5, 0.6) is 0 Å². The molecule has 0 aliphatic carbocycles. The van der Waals surface area contributed by atoms with Crippen molar-refractivity contribution in [2.45, 2.75) is 25.8 Å². The van der Waals surface area contributed by atoms with Crippen molar-refractivity contribution in [3.05, 3.63) is 28.2 Å². The van der Waals surface area contributed by atoms with Gasteiger partial charge in [0, 0.05) is 15.7 Å². The Kier molecular flexibility index (Phi) is 4.90. The van der Waals surface area contributed by atoms with E-state index in [1.165, 1.54) is 0 Å². The lowest BCUT2D eigenvalue weighted by Gasteiger charge is -2.15. The number of hydrogen-bond acceptors (Lipinski definition) is 2. The predicted octanol–water partition coefficient (Wildman–Crippen LogP) is 3.66. The summed E-state index contributed by atoms with van der Waals surface area (Å²) in [5.41, 5.74) is 0.623. The molecular formula is C11H13Cl2NO2. The van der Waals surface area contributed by atoms with E-state index >= 15 is 0 Å². The normalized spacial score (nSPS) is 12.2. The van der Waals surface area contributed by atoms with Crippen molar-refractivity contribution in [2.24, 2.45) is 0 Å². The topological polar surface area (TPSA) is 49.3 Å². The number of carboxylic acids is 1. The molecule has 1 aromatic carbocycles. The quantitative estimate of drug-likeness (QED) is 0.851. The highest BCUT2D eigenvalue weighted by Crippen LogP contribution is 2.23. The van der Waals surface area contributed by atoms with Crippen molar-refractivity contribution in [1.29, 1.82) is 0 Å². The summed E-state index contributed by atoms with van der Waals surface area (Å²) >= 11 is 11.6. The molecule has 1 rings (SSSR count). The summed E-state index contributed by atoms with van der Waals surface area (Å²) in [6, 6.07) is 4.29. The molecule has 0 bridgehead atoms. The molecule has 0 spiro atoms. The molecule has 2 N–H and O–H groups in total. The van der Waals surface area contributed by atoms with E-state index in [9.17, 15) is 4.79 Å². The van der Waals surface area contributed by atoms with Crippen LogP contribution in [0.3, 0.4) is 0 Å². The highest BCUT2D eigenvalue weighted by atomic mass is 35.5. The molecule has 0 saturated heterocycles. The van der Waals surface area contributed by atoms with Crippen LogP contribution in [0.4, 0.5) is 5.69 Å². The average molecular weight is 262 g/mol. The molecule has 0 unspecified atom stereocenters. The van der Waals surface area contributed by atoms with Gasteiger partial charge in [-0.3, -0.25) is 0 Å². The molecular weight excluding hydrogens is 249 g/mol. The maximum atomic E-state index is 10.9. The highest BCUT2D eigenvalue weighted by molar-refractivity contribution is 6.35. The summed E-state index contributed by atoms with van der Waals surface area (Å²) in [6.07, 6.45) is 1.34. The molecule has 0 amide bonds. The molecule has 0 radical (unpaired) electrons. The van der Waals surface area contributed by atoms with Crippen LogP contribution < -0.4 is 5.32 Å². The maximum Gasteiger partial charge on any atom is 0.326 e. The van der Waals surface area contributed by atoms with Gasteiger partial charge in [0.25, 0.3) is 0 Å². The second-order valence-corrected chi connectivity index (χ2v) is 4.35. The van der Waals surface area contributed by atoms with E-state index in [-0.39, 0.29) is 0 Å². The van der Waals surface area contributed by atoms with Gasteiger partial charge in [-0.25, -0.2) is 4.79 Å². The van der Waals surface area contributed by atoms with Crippen molar-refractivity contribution in [2.75, 3.05) is 5.32 Å². The molecule has 0 heterocycles. The van der Waals surface area contributed by atoms with E-state index in [2.05, 4.69) is 5.32 Å². The summed E-state index contributed by atoms with van der Waals surface area (Å²) in [4.78, 5) is 10.9. The molecule has 16 heavy (non-hydrogen) atoms. The number of aliphatic carboxylic acids is 1. The molecule has 5 heteroatoms. The molecule has 1 atom stereocenters. The first kappa shape index (κ1) is 13.1. The average Bonchev–Trinajstić information content (AvgIpc) is 2.15. The van der Waals surface area contributed by atoms with Crippen LogP contribution in [0, 0.1) is 0 Å². The second-order valence-electron chi connectivity index (χ2n) is 3.48. The Labute approximate surface area is 104 Å². The standard InChI is InChI=1S/C11H13Cl2NO2/c1-2-3-10(11(15)16)14-9-5-7(12)4-8(13)6-9/h4-6,10,14H,2-3H2,1H3,(H,15,16)/t10-/m1/s1. The zero-order chi connectivity index (χ0) is 12.1. The van der Waals surface area contributed by atoms with Crippen LogP contribution >= 0.6 is 23.2 Å². The maximum absolute atomic E-state index is 10.9. The number of hydrogen-bond donors (Lipinski definition) is 2. The monoisotopic (exact) mass is 261 g/mol. The van der Waals surface area contributed by atoms with Gasteiger partial charge in [-0.05, 0) is 24.6 Å². The molecule has 0 saturated carbocycles. The third-order valence-electron chi connectivity index (χ3n) is 2.08. The zero-order valence-electron chi connectivity index (χ0n) is 8.84. The van der Waals surface area contributed by atoms with Crippen LogP contribution in [-0.4, -0.2) is 17.1 Å². The van der Waals surface area contributed by atoms with Gasteiger partial charge in [0.05, 0.1) is 0 Å². The number of nitrogens with one attached hydrogen (secondary N) is 1. The summed E-state index contributed by atoms with van der Waals surface area (Å²) in [5, 5.41) is 12.8. The van der Waals surface area contributed by atoms with E-state index in [0.29, 0.717) is 22.2 Å². The summed E-state index contributed by atoms with van der Waals surface area (Å²) < 4.78 is 0. The fraction of sp³-hybridized carbons (Fsp3) is 0.364. The van der Waals surface area contributed by atoms with Gasteiger partial charge in [-0.15, -0.1) is 0 Å². The largest absolute Gasteiger partial charge is 0.480 e. The number of carbonyl (C=O) groups is 1. The van der Waals surface area contributed by atoms with E-state index < -0.39 is 12.0 Å². The number of anilines is 1. The molecule has 0 aromatic heterocycles. The van der Waals surface area contributed by atoms with E-state index in [1.54, 1.807) is 18.2 Å². The lowest BCUT2D eigenvalue weighted by molar-refractivity contribution is -0.138. The van der Waals surface area contributed by atoms with Crippen molar-refractivity contribution >= 4 is 34.9 Å². The first-order valence-electron chi connectivity index (χ1n) is 4.98. The molecule has 3 nitrogen and oxygen atoms in total. The van der Waals surface area contributed by atoms with Gasteiger partial charge in [0.1, 0.15) is 6.04 Å². The Morgan fingerprint density at radius 3 is 2.38 bits per heavy atom. The van der Waals surface area contributed by atoms with Gasteiger partial charge in [-0.2, -0.15) is 0 Å². The van der Waals surface area contributed by atoms with Crippen LogP contribution in [0.2, 0.25) is 10.0 Å². The van der Waals surface area contributed by atoms with Crippen LogP contribution in [0.1, 0.15) is 19.8 Å². The summed E-state index contributed by atoms with van der Waals surface area (Å²) in [7, 11) is 0. The Morgan fingerprint density at radius 2 is 1.94 bits per heavy atom. The van der Waals surface area contributed by atoms with Crippen molar-refractivity contribution in [3.8, 4) is 0 Å².